The van der Waals surface area contributed by atoms with Gasteiger partial charge in [0.1, 0.15) is 0 Å². The summed E-state index contributed by atoms with van der Waals surface area (Å²) in [5, 5.41) is 3.20. The van der Waals surface area contributed by atoms with Crippen molar-refractivity contribution in [1.82, 2.24) is 5.32 Å². The van der Waals surface area contributed by atoms with Crippen LogP contribution in [0.1, 0.15) is 24.0 Å². The Bertz CT molecular complexity index is 398. The lowest BCUT2D eigenvalue weighted by Gasteiger charge is -2.34. The number of hydrogen-bond donors (Lipinski definition) is 1. The summed E-state index contributed by atoms with van der Waals surface area (Å²) >= 11 is 0. The highest BCUT2D eigenvalue weighted by Crippen LogP contribution is 2.26. The Morgan fingerprint density at radius 1 is 1.32 bits per heavy atom. The van der Waals surface area contributed by atoms with E-state index in [2.05, 4.69) is 35.3 Å². The van der Waals surface area contributed by atoms with Gasteiger partial charge in [0.2, 0.25) is 0 Å². The third-order valence-corrected chi connectivity index (χ3v) is 4.00. The Labute approximate surface area is 116 Å². The number of aryl methyl sites for hydroxylation is 1. The van der Waals surface area contributed by atoms with Crippen LogP contribution in [0.15, 0.2) is 18.2 Å². The highest BCUT2D eigenvalue weighted by Gasteiger charge is 2.20. The van der Waals surface area contributed by atoms with Gasteiger partial charge in [-0.1, -0.05) is 12.1 Å². The molecule has 1 aromatic rings. The smallest absolute Gasteiger partial charge is 0.0491 e. The molecular formula is C16H26N2O. The van der Waals surface area contributed by atoms with Gasteiger partial charge in [0.15, 0.2) is 0 Å². The van der Waals surface area contributed by atoms with Crippen molar-refractivity contribution in [1.29, 1.82) is 0 Å². The van der Waals surface area contributed by atoms with Crippen molar-refractivity contribution in [3.63, 3.8) is 0 Å². The molecule has 19 heavy (non-hydrogen) atoms. The molecular weight excluding hydrogens is 236 g/mol. The number of rotatable bonds is 5. The summed E-state index contributed by atoms with van der Waals surface area (Å²) in [5.41, 5.74) is 4.15. The lowest BCUT2D eigenvalue weighted by atomic mass is 9.96. The maximum atomic E-state index is 5.26. The number of hydrogen-bond acceptors (Lipinski definition) is 3. The average molecular weight is 262 g/mol. The van der Waals surface area contributed by atoms with Crippen molar-refractivity contribution in [2.24, 2.45) is 5.92 Å². The summed E-state index contributed by atoms with van der Waals surface area (Å²) in [7, 11) is 3.79. The first-order valence-electron chi connectivity index (χ1n) is 7.22. The maximum Gasteiger partial charge on any atom is 0.0491 e. The minimum absolute atomic E-state index is 0.741. The third-order valence-electron chi connectivity index (χ3n) is 4.00. The van der Waals surface area contributed by atoms with Gasteiger partial charge in [-0.2, -0.15) is 0 Å². The van der Waals surface area contributed by atoms with Gasteiger partial charge in [0.25, 0.3) is 0 Å². The molecule has 1 aromatic carbocycles. The molecule has 0 unspecified atom stereocenters. The second kappa shape index (κ2) is 6.92. The van der Waals surface area contributed by atoms with Gasteiger partial charge < -0.3 is 15.0 Å². The highest BCUT2D eigenvalue weighted by atomic mass is 16.5. The number of methoxy groups -OCH3 is 1. The number of nitrogens with one attached hydrogen (secondary N) is 1. The summed E-state index contributed by atoms with van der Waals surface area (Å²) in [6.45, 7) is 6.38. The molecule has 3 nitrogen and oxygen atoms in total. The molecule has 2 rings (SSSR count). The standard InChI is InChI=1S/C16H26N2O/c1-13-10-15(11-17-2)4-5-16(13)18-8-6-14(7-9-18)12-19-3/h4-5,10,14,17H,6-9,11-12H2,1-3H3. The van der Waals surface area contributed by atoms with Crippen molar-refractivity contribution in [2.45, 2.75) is 26.3 Å². The average Bonchev–Trinajstić information content (AvgIpc) is 2.41. The van der Waals surface area contributed by atoms with Crippen LogP contribution in [0.4, 0.5) is 5.69 Å². The number of nitrogens with zero attached hydrogens (tertiary/aromatic N) is 1. The molecule has 0 bridgehead atoms. The summed E-state index contributed by atoms with van der Waals surface area (Å²) in [5.74, 6) is 0.741. The topological polar surface area (TPSA) is 24.5 Å². The molecule has 1 heterocycles. The van der Waals surface area contributed by atoms with E-state index in [1.807, 2.05) is 7.05 Å². The maximum absolute atomic E-state index is 5.26. The van der Waals surface area contributed by atoms with E-state index in [4.69, 9.17) is 4.74 Å². The fourth-order valence-electron chi connectivity index (χ4n) is 2.96. The predicted octanol–water partition coefficient (Wildman–Crippen LogP) is 2.58. The van der Waals surface area contributed by atoms with E-state index in [1.165, 1.54) is 29.7 Å². The SMILES string of the molecule is CNCc1ccc(N2CCC(COC)CC2)c(C)c1. The van der Waals surface area contributed by atoms with Crippen molar-refractivity contribution in [2.75, 3.05) is 38.8 Å². The van der Waals surface area contributed by atoms with Crippen molar-refractivity contribution in [3.05, 3.63) is 29.3 Å². The van der Waals surface area contributed by atoms with Gasteiger partial charge in [-0.05, 0) is 49.9 Å². The van der Waals surface area contributed by atoms with Gasteiger partial charge in [0.05, 0.1) is 0 Å². The van der Waals surface area contributed by atoms with Crippen LogP contribution in [0.5, 0.6) is 0 Å². The normalized spacial score (nSPS) is 16.9. The fourth-order valence-corrected chi connectivity index (χ4v) is 2.96. The van der Waals surface area contributed by atoms with E-state index in [1.54, 1.807) is 7.11 Å². The molecule has 0 radical (unpaired) electrons. The second-order valence-corrected chi connectivity index (χ2v) is 5.54. The summed E-state index contributed by atoms with van der Waals surface area (Å²) in [4.78, 5) is 2.52. The molecule has 1 saturated heterocycles. The molecule has 1 aliphatic heterocycles. The highest BCUT2D eigenvalue weighted by molar-refractivity contribution is 5.54. The first-order valence-corrected chi connectivity index (χ1v) is 7.22. The molecule has 0 saturated carbocycles. The molecule has 0 aliphatic carbocycles. The van der Waals surface area contributed by atoms with Gasteiger partial charge >= 0.3 is 0 Å². The van der Waals surface area contributed by atoms with E-state index in [9.17, 15) is 0 Å². The Balaban J connectivity index is 1.99. The summed E-state index contributed by atoms with van der Waals surface area (Å²) in [6.07, 6.45) is 2.48. The summed E-state index contributed by atoms with van der Waals surface area (Å²) < 4.78 is 5.26. The molecule has 3 heteroatoms. The summed E-state index contributed by atoms with van der Waals surface area (Å²) in [6, 6.07) is 6.81. The predicted molar refractivity (Wildman–Crippen MR) is 80.8 cm³/mol. The van der Waals surface area contributed by atoms with E-state index < -0.39 is 0 Å². The molecule has 0 atom stereocenters. The first kappa shape index (κ1) is 14.4. The zero-order valence-corrected chi connectivity index (χ0v) is 12.4. The van der Waals surface area contributed by atoms with Crippen molar-refractivity contribution >= 4 is 5.69 Å². The Hall–Kier alpha value is -1.06. The number of benzene rings is 1. The van der Waals surface area contributed by atoms with Gasteiger partial charge in [-0.3, -0.25) is 0 Å². The van der Waals surface area contributed by atoms with Crippen LogP contribution in [0.3, 0.4) is 0 Å². The minimum atomic E-state index is 0.741. The molecule has 0 aromatic heterocycles. The first-order chi connectivity index (χ1) is 9.24. The van der Waals surface area contributed by atoms with Crippen LogP contribution in [0.25, 0.3) is 0 Å². The van der Waals surface area contributed by atoms with Crippen LogP contribution < -0.4 is 10.2 Å². The molecule has 1 N–H and O–H groups in total. The molecule has 1 fully saturated rings. The molecule has 1 aliphatic rings. The molecule has 0 amide bonds. The van der Waals surface area contributed by atoms with Gasteiger partial charge in [0, 0.05) is 39.0 Å². The van der Waals surface area contributed by atoms with E-state index in [0.717, 1.165) is 32.2 Å². The van der Waals surface area contributed by atoms with Crippen LogP contribution in [-0.2, 0) is 11.3 Å². The van der Waals surface area contributed by atoms with Gasteiger partial charge in [-0.25, -0.2) is 0 Å². The van der Waals surface area contributed by atoms with Crippen molar-refractivity contribution < 1.29 is 4.74 Å². The second-order valence-electron chi connectivity index (χ2n) is 5.54. The molecule has 0 spiro atoms. The van der Waals surface area contributed by atoms with Gasteiger partial charge in [-0.15, -0.1) is 0 Å². The number of piperidine rings is 1. The third kappa shape index (κ3) is 3.71. The van der Waals surface area contributed by atoms with E-state index in [-0.39, 0.29) is 0 Å². The Morgan fingerprint density at radius 3 is 2.63 bits per heavy atom. The fraction of sp³-hybridized carbons (Fsp3) is 0.625. The lowest BCUT2D eigenvalue weighted by molar-refractivity contribution is 0.139. The monoisotopic (exact) mass is 262 g/mol. The van der Waals surface area contributed by atoms with Crippen LogP contribution in [-0.4, -0.2) is 33.9 Å². The Morgan fingerprint density at radius 2 is 2.05 bits per heavy atom. The van der Waals surface area contributed by atoms with E-state index in [0.29, 0.717) is 0 Å². The van der Waals surface area contributed by atoms with Crippen molar-refractivity contribution in [3.8, 4) is 0 Å². The quantitative estimate of drug-likeness (QED) is 0.882. The van der Waals surface area contributed by atoms with E-state index >= 15 is 0 Å². The number of anilines is 1. The van der Waals surface area contributed by atoms with Crippen LogP contribution in [0.2, 0.25) is 0 Å². The minimum Gasteiger partial charge on any atom is -0.384 e. The Kier molecular flexibility index (Phi) is 5.23. The zero-order valence-electron chi connectivity index (χ0n) is 12.4. The number of ether oxygens (including phenoxy) is 1. The molecule has 106 valence electrons. The largest absolute Gasteiger partial charge is 0.384 e. The van der Waals surface area contributed by atoms with Crippen LogP contribution in [0, 0.1) is 12.8 Å². The van der Waals surface area contributed by atoms with Crippen LogP contribution >= 0.6 is 0 Å². The zero-order chi connectivity index (χ0) is 13.7. The lowest BCUT2D eigenvalue weighted by Crippen LogP contribution is -2.35.